The monoisotopic (exact) mass is 567 g/mol. The number of primary amides is 1. The van der Waals surface area contributed by atoms with E-state index in [1.807, 2.05) is 24.3 Å². The van der Waals surface area contributed by atoms with Gasteiger partial charge in [0.25, 0.3) is 5.91 Å². The molecule has 0 aromatic heterocycles. The van der Waals surface area contributed by atoms with Gasteiger partial charge in [0.2, 0.25) is 5.78 Å². The number of phenols is 1. The van der Waals surface area contributed by atoms with Crippen molar-refractivity contribution in [1.82, 2.24) is 0 Å². The van der Waals surface area contributed by atoms with Gasteiger partial charge in [-0.05, 0) is 65.8 Å². The maximum atomic E-state index is 14.0. The number of allylic oxidation sites excluding steroid dienone is 4. The summed E-state index contributed by atoms with van der Waals surface area (Å²) in [5, 5.41) is 45.1. The lowest BCUT2D eigenvalue weighted by molar-refractivity contribution is -0.155. The van der Waals surface area contributed by atoms with Crippen molar-refractivity contribution >= 4 is 23.2 Å². The molecular formula is C34H33NO7. The van der Waals surface area contributed by atoms with Crippen LogP contribution in [0.2, 0.25) is 0 Å². The predicted molar refractivity (Wildman–Crippen MR) is 156 cm³/mol. The molecule has 216 valence electrons. The Morgan fingerprint density at radius 3 is 2.40 bits per heavy atom. The van der Waals surface area contributed by atoms with Gasteiger partial charge in [-0.25, -0.2) is 0 Å². The lowest BCUT2D eigenvalue weighted by atomic mass is 9.54. The minimum atomic E-state index is -2.61. The molecule has 0 unspecified atom stereocenters. The second-order valence-electron chi connectivity index (χ2n) is 12.1. The Balaban J connectivity index is 1.45. The summed E-state index contributed by atoms with van der Waals surface area (Å²) in [5.41, 5.74) is 6.75. The molecule has 4 aliphatic carbocycles. The van der Waals surface area contributed by atoms with E-state index in [2.05, 4.69) is 18.2 Å². The van der Waals surface area contributed by atoms with Crippen molar-refractivity contribution in [2.45, 2.75) is 45.1 Å². The van der Waals surface area contributed by atoms with Gasteiger partial charge in [0.05, 0.1) is 5.56 Å². The first kappa shape index (κ1) is 27.7. The van der Waals surface area contributed by atoms with Gasteiger partial charge in [-0.2, -0.15) is 0 Å². The van der Waals surface area contributed by atoms with Crippen molar-refractivity contribution in [2.75, 3.05) is 0 Å². The molecule has 0 heterocycles. The lowest BCUT2D eigenvalue weighted by Crippen LogP contribution is -2.62. The number of nitrogens with two attached hydrogens (primary N) is 1. The number of phenolic OH excluding ortho intramolecular Hbond substituents is 1. The SMILES string of the molecule is CC(C)[C@@H]1C(=O)C(C(N)=O)=C(O)[C@@]2(O)C(=O)C3=C(O)c4c(O)ccc(-c5ccc(CC6=CC=CC6)cc5)c4C[C@H]3C[C@@H]12. The standard InChI is InChI=1S/C34H33NO7/c1-16(2)25-23-15-20-14-22-21(19-9-7-18(8-10-19)13-17-5-3-4-6-17)11-12-24(36)27(22)30(38)26(20)31(39)34(23,42)32(40)28(29(25)37)33(35)41/h3-5,7-12,16,20,23,25,36,38,40,42H,6,13-15H2,1-2H3,(H2,35,41)/t20-,23-,25-,34-/m0/s1. The molecule has 0 spiro atoms. The maximum Gasteiger partial charge on any atom is 0.255 e. The van der Waals surface area contributed by atoms with E-state index in [-0.39, 0.29) is 35.6 Å². The van der Waals surface area contributed by atoms with Crippen LogP contribution < -0.4 is 5.73 Å². The number of Topliss-reactive ketones (excluding diaryl/α,β-unsaturated/α-hetero) is 2. The normalized spacial score (nSPS) is 26.8. The highest BCUT2D eigenvalue weighted by molar-refractivity contribution is 6.23. The molecule has 2 aromatic rings. The Bertz CT molecular complexity index is 1670. The molecule has 8 heteroatoms. The Morgan fingerprint density at radius 1 is 1.07 bits per heavy atom. The third-order valence-electron chi connectivity index (χ3n) is 9.40. The minimum absolute atomic E-state index is 0.0863. The highest BCUT2D eigenvalue weighted by atomic mass is 16.3. The highest BCUT2D eigenvalue weighted by Gasteiger charge is 2.64. The Kier molecular flexibility index (Phi) is 6.50. The largest absolute Gasteiger partial charge is 0.508 e. The van der Waals surface area contributed by atoms with E-state index in [9.17, 15) is 34.8 Å². The van der Waals surface area contributed by atoms with Crippen LogP contribution in [-0.2, 0) is 27.2 Å². The zero-order valence-electron chi connectivity index (χ0n) is 23.4. The van der Waals surface area contributed by atoms with Gasteiger partial charge in [-0.3, -0.25) is 14.4 Å². The van der Waals surface area contributed by atoms with Crippen molar-refractivity contribution in [1.29, 1.82) is 0 Å². The fourth-order valence-electron chi connectivity index (χ4n) is 7.44. The molecule has 4 aliphatic rings. The van der Waals surface area contributed by atoms with Gasteiger partial charge in [0.1, 0.15) is 22.8 Å². The van der Waals surface area contributed by atoms with Crippen molar-refractivity contribution in [3.8, 4) is 16.9 Å². The van der Waals surface area contributed by atoms with E-state index in [4.69, 9.17) is 5.73 Å². The van der Waals surface area contributed by atoms with Crippen molar-refractivity contribution in [3.63, 3.8) is 0 Å². The van der Waals surface area contributed by atoms with Gasteiger partial charge < -0.3 is 26.2 Å². The molecule has 0 bridgehead atoms. The number of carbonyl (C=O) groups excluding carboxylic acids is 3. The first-order chi connectivity index (χ1) is 19.9. The number of aromatic hydroxyl groups is 1. The summed E-state index contributed by atoms with van der Waals surface area (Å²) >= 11 is 0. The van der Waals surface area contributed by atoms with E-state index < -0.39 is 57.9 Å². The fourth-order valence-corrected chi connectivity index (χ4v) is 7.44. The molecule has 8 nitrogen and oxygen atoms in total. The molecule has 1 fully saturated rings. The second-order valence-corrected chi connectivity index (χ2v) is 12.1. The van der Waals surface area contributed by atoms with Gasteiger partial charge >= 0.3 is 0 Å². The van der Waals surface area contributed by atoms with E-state index >= 15 is 0 Å². The van der Waals surface area contributed by atoms with Crippen LogP contribution in [0.1, 0.15) is 43.4 Å². The van der Waals surface area contributed by atoms with Gasteiger partial charge in [0, 0.05) is 17.4 Å². The number of hydrogen-bond acceptors (Lipinski definition) is 7. The number of rotatable bonds is 5. The summed E-state index contributed by atoms with van der Waals surface area (Å²) in [6.07, 6.45) is 8.43. The molecule has 4 atom stereocenters. The number of carbonyl (C=O) groups is 3. The zero-order chi connectivity index (χ0) is 30.1. The molecule has 1 saturated carbocycles. The third-order valence-corrected chi connectivity index (χ3v) is 9.40. The van der Waals surface area contributed by atoms with Crippen LogP contribution in [-0.4, -0.2) is 43.5 Å². The van der Waals surface area contributed by atoms with Crippen molar-refractivity contribution in [3.05, 3.63) is 93.8 Å². The Labute approximate surface area is 243 Å². The first-order valence-corrected chi connectivity index (χ1v) is 14.2. The quantitative estimate of drug-likeness (QED) is 0.335. The number of ketones is 2. The van der Waals surface area contributed by atoms with Crippen LogP contribution in [0.5, 0.6) is 5.75 Å². The summed E-state index contributed by atoms with van der Waals surface area (Å²) in [6, 6.07) is 11.3. The molecule has 6 rings (SSSR count). The number of fused-ring (bicyclic) bond motifs is 3. The topological polar surface area (TPSA) is 158 Å². The van der Waals surface area contributed by atoms with Gasteiger partial charge in [0.15, 0.2) is 11.4 Å². The molecular weight excluding hydrogens is 534 g/mol. The van der Waals surface area contributed by atoms with Crippen molar-refractivity contribution in [2.24, 2.45) is 29.4 Å². The number of aliphatic hydroxyl groups excluding tert-OH is 2. The number of amides is 1. The molecule has 1 amide bonds. The van der Waals surface area contributed by atoms with Gasteiger partial charge in [-0.1, -0.05) is 68.0 Å². The average Bonchev–Trinajstić information content (AvgIpc) is 3.44. The van der Waals surface area contributed by atoms with Crippen molar-refractivity contribution < 1.29 is 34.8 Å². The fraction of sp³-hybridized carbons (Fsp3) is 0.324. The summed E-state index contributed by atoms with van der Waals surface area (Å²) in [6.45, 7) is 3.49. The average molecular weight is 568 g/mol. The molecule has 2 aromatic carbocycles. The molecule has 0 aliphatic heterocycles. The molecule has 0 saturated heterocycles. The summed E-state index contributed by atoms with van der Waals surface area (Å²) in [5.74, 6) is -7.69. The number of hydrogen-bond donors (Lipinski definition) is 5. The highest BCUT2D eigenvalue weighted by Crippen LogP contribution is 2.55. The zero-order valence-corrected chi connectivity index (χ0v) is 23.4. The summed E-state index contributed by atoms with van der Waals surface area (Å²) in [4.78, 5) is 39.5. The van der Waals surface area contributed by atoms with Gasteiger partial charge in [-0.15, -0.1) is 0 Å². The van der Waals surface area contributed by atoms with Crippen LogP contribution in [0.4, 0.5) is 0 Å². The van der Waals surface area contributed by atoms with E-state index in [1.54, 1.807) is 19.9 Å². The minimum Gasteiger partial charge on any atom is -0.508 e. The van der Waals surface area contributed by atoms with Crippen LogP contribution in [0.3, 0.4) is 0 Å². The summed E-state index contributed by atoms with van der Waals surface area (Å²) in [7, 11) is 0. The smallest absolute Gasteiger partial charge is 0.255 e. The second kappa shape index (κ2) is 9.84. The van der Waals surface area contributed by atoms with Crippen LogP contribution in [0.15, 0.2) is 77.1 Å². The third kappa shape index (κ3) is 3.96. The molecule has 42 heavy (non-hydrogen) atoms. The first-order valence-electron chi connectivity index (χ1n) is 14.2. The molecule has 0 radical (unpaired) electrons. The Hall–Kier alpha value is -4.43. The number of benzene rings is 2. The van der Waals surface area contributed by atoms with Crippen LogP contribution in [0.25, 0.3) is 16.9 Å². The molecule has 6 N–H and O–H groups in total. The van der Waals surface area contributed by atoms with Crippen LogP contribution >= 0.6 is 0 Å². The Morgan fingerprint density at radius 2 is 1.79 bits per heavy atom. The van der Waals surface area contributed by atoms with Crippen LogP contribution in [0, 0.1) is 23.7 Å². The maximum absolute atomic E-state index is 14.0. The van der Waals surface area contributed by atoms with E-state index in [1.165, 1.54) is 11.6 Å². The van der Waals surface area contributed by atoms with E-state index in [0.29, 0.717) is 5.56 Å². The van der Waals surface area contributed by atoms with E-state index in [0.717, 1.165) is 29.5 Å². The predicted octanol–water partition coefficient (Wildman–Crippen LogP) is 4.40. The lowest BCUT2D eigenvalue weighted by Gasteiger charge is -2.50. The number of aliphatic hydroxyl groups is 3. The summed E-state index contributed by atoms with van der Waals surface area (Å²) < 4.78 is 0.